The molecule has 1 atom stereocenters. The third-order valence-corrected chi connectivity index (χ3v) is 4.98. The van der Waals surface area contributed by atoms with Crippen LogP contribution in [0.1, 0.15) is 17.2 Å². The van der Waals surface area contributed by atoms with Gasteiger partial charge in [-0.3, -0.25) is 4.90 Å². The van der Waals surface area contributed by atoms with E-state index >= 15 is 4.39 Å². The third kappa shape index (κ3) is 4.02. The predicted octanol–water partition coefficient (Wildman–Crippen LogP) is 4.48. The molecule has 8 heteroatoms. The molecule has 0 fully saturated rings. The average Bonchev–Trinajstić information content (AvgIpc) is 2.88. The van der Waals surface area contributed by atoms with Gasteiger partial charge in [-0.1, -0.05) is 30.3 Å². The van der Waals surface area contributed by atoms with E-state index in [1.165, 1.54) is 12.1 Å². The Morgan fingerprint density at radius 3 is 2.55 bits per heavy atom. The second kappa shape index (κ2) is 8.08. The molecule has 0 bridgehead atoms. The van der Waals surface area contributed by atoms with Gasteiger partial charge >= 0.3 is 6.61 Å². The lowest BCUT2D eigenvalue weighted by molar-refractivity contribution is -0.0534. The molecule has 1 aromatic heterocycles. The summed E-state index contributed by atoms with van der Waals surface area (Å²) >= 11 is 0. The van der Waals surface area contributed by atoms with Gasteiger partial charge in [0.15, 0.2) is 0 Å². The molecule has 0 amide bonds. The van der Waals surface area contributed by atoms with Gasteiger partial charge in [0, 0.05) is 36.0 Å². The van der Waals surface area contributed by atoms with Crippen molar-refractivity contribution in [3.63, 3.8) is 0 Å². The number of benzene rings is 2. The van der Waals surface area contributed by atoms with E-state index in [-0.39, 0.29) is 23.2 Å². The maximum Gasteiger partial charge on any atom is 0.388 e. The number of ether oxygens (including phenoxy) is 1. The van der Waals surface area contributed by atoms with E-state index in [2.05, 4.69) is 37.3 Å². The Hall–Kier alpha value is -3.13. The molecule has 4 rings (SSSR count). The Kier molecular flexibility index (Phi) is 5.35. The van der Waals surface area contributed by atoms with Crippen LogP contribution in [0.25, 0.3) is 11.3 Å². The molecule has 1 aliphatic rings. The number of alkyl halides is 2. The molecule has 1 N–H and O–H groups in total. The summed E-state index contributed by atoms with van der Waals surface area (Å²) in [4.78, 5) is 2.09. The van der Waals surface area contributed by atoms with E-state index in [9.17, 15) is 8.78 Å². The molecule has 150 valence electrons. The smallest absolute Gasteiger partial charge is 0.388 e. The molecule has 29 heavy (non-hydrogen) atoms. The van der Waals surface area contributed by atoms with Gasteiger partial charge in [0.1, 0.15) is 5.82 Å². The monoisotopic (exact) mass is 400 g/mol. The van der Waals surface area contributed by atoms with Crippen molar-refractivity contribution >= 4 is 5.69 Å². The number of halogens is 3. The van der Waals surface area contributed by atoms with Crippen LogP contribution in [0.15, 0.2) is 54.6 Å². The number of fused-ring (bicyclic) bond motifs is 1. The van der Waals surface area contributed by atoms with E-state index in [1.807, 2.05) is 25.2 Å². The van der Waals surface area contributed by atoms with E-state index in [0.29, 0.717) is 18.7 Å². The number of hydrogen-bond acceptors (Lipinski definition) is 5. The largest absolute Gasteiger partial charge is 0.415 e. The minimum Gasteiger partial charge on any atom is -0.415 e. The Bertz CT molecular complexity index is 983. The lowest BCUT2D eigenvalue weighted by atomic mass is 10.0. The molecule has 0 saturated heterocycles. The van der Waals surface area contributed by atoms with Crippen LogP contribution in [0.2, 0.25) is 0 Å². The van der Waals surface area contributed by atoms with Crippen molar-refractivity contribution in [2.75, 3.05) is 18.9 Å². The first kappa shape index (κ1) is 19.2. The highest BCUT2D eigenvalue weighted by molar-refractivity contribution is 5.67. The van der Waals surface area contributed by atoms with Crippen molar-refractivity contribution in [3.05, 3.63) is 71.5 Å². The molecule has 2 aromatic carbocycles. The van der Waals surface area contributed by atoms with Gasteiger partial charge in [0.05, 0.1) is 11.7 Å². The fraction of sp³-hybridized carbons (Fsp3) is 0.238. The number of aromatic nitrogens is 2. The minimum absolute atomic E-state index is 0.0945. The first-order valence-electron chi connectivity index (χ1n) is 9.12. The van der Waals surface area contributed by atoms with E-state index < -0.39 is 12.4 Å². The quantitative estimate of drug-likeness (QED) is 0.700. The molecule has 0 aliphatic carbocycles. The summed E-state index contributed by atoms with van der Waals surface area (Å²) in [6.07, 6.45) is 0. The number of nitrogens with zero attached hydrogens (tertiary/aromatic N) is 3. The lowest BCUT2D eigenvalue weighted by Crippen LogP contribution is -2.27. The number of likely N-dealkylation sites (N-methyl/N-ethyl adjacent to an activating group) is 1. The van der Waals surface area contributed by atoms with Crippen molar-refractivity contribution in [1.29, 1.82) is 0 Å². The van der Waals surface area contributed by atoms with Crippen molar-refractivity contribution < 1.29 is 17.9 Å². The van der Waals surface area contributed by atoms with Crippen LogP contribution in [-0.2, 0) is 6.54 Å². The maximum atomic E-state index is 15.3. The summed E-state index contributed by atoms with van der Waals surface area (Å²) in [5.74, 6) is -0.724. The average molecular weight is 400 g/mol. The van der Waals surface area contributed by atoms with Crippen molar-refractivity contribution in [1.82, 2.24) is 15.1 Å². The van der Waals surface area contributed by atoms with Crippen molar-refractivity contribution in [2.24, 2.45) is 0 Å². The van der Waals surface area contributed by atoms with Gasteiger partial charge in [-0.15, -0.1) is 10.2 Å². The second-order valence-corrected chi connectivity index (χ2v) is 6.81. The molecule has 0 spiro atoms. The molecular formula is C21H19F3N4O. The number of hydrogen-bond donors (Lipinski definition) is 1. The highest BCUT2D eigenvalue weighted by atomic mass is 19.3. The molecule has 2 heterocycles. The van der Waals surface area contributed by atoms with Gasteiger partial charge in [0.2, 0.25) is 5.88 Å². The minimum atomic E-state index is -2.99. The second-order valence-electron chi connectivity index (χ2n) is 6.81. The van der Waals surface area contributed by atoms with Crippen LogP contribution in [0.5, 0.6) is 5.88 Å². The molecular weight excluding hydrogens is 381 g/mol. The van der Waals surface area contributed by atoms with Gasteiger partial charge in [-0.2, -0.15) is 8.78 Å². The number of nitrogens with one attached hydrogen (secondary N) is 1. The maximum absolute atomic E-state index is 15.3. The molecule has 1 unspecified atom stereocenters. The summed E-state index contributed by atoms with van der Waals surface area (Å²) in [6, 6.07) is 16.2. The normalized spacial score (nSPS) is 16.8. The summed E-state index contributed by atoms with van der Waals surface area (Å²) < 4.78 is 44.1. The first-order chi connectivity index (χ1) is 14.0. The van der Waals surface area contributed by atoms with Crippen LogP contribution < -0.4 is 10.1 Å². The number of rotatable bonds is 4. The topological polar surface area (TPSA) is 50.3 Å². The van der Waals surface area contributed by atoms with E-state index in [0.717, 1.165) is 11.3 Å². The van der Waals surface area contributed by atoms with E-state index in [1.54, 1.807) is 12.1 Å². The van der Waals surface area contributed by atoms with Crippen LogP contribution in [-0.4, -0.2) is 35.3 Å². The summed E-state index contributed by atoms with van der Waals surface area (Å²) in [5, 5.41) is 10.8. The van der Waals surface area contributed by atoms with E-state index in [4.69, 9.17) is 0 Å². The van der Waals surface area contributed by atoms with Gasteiger partial charge in [-0.25, -0.2) is 4.39 Å². The highest BCUT2D eigenvalue weighted by Gasteiger charge is 2.25. The zero-order chi connectivity index (χ0) is 20.4. The van der Waals surface area contributed by atoms with Crippen LogP contribution in [0.4, 0.5) is 18.9 Å². The molecule has 3 aromatic rings. The van der Waals surface area contributed by atoms with Crippen LogP contribution in [0.3, 0.4) is 0 Å². The number of anilines is 1. The van der Waals surface area contributed by atoms with Crippen molar-refractivity contribution in [2.45, 2.75) is 19.2 Å². The van der Waals surface area contributed by atoms with Gasteiger partial charge in [-0.05, 0) is 30.8 Å². The molecule has 5 nitrogen and oxygen atoms in total. The first-order valence-corrected chi connectivity index (χ1v) is 9.12. The Morgan fingerprint density at radius 2 is 1.86 bits per heavy atom. The highest BCUT2D eigenvalue weighted by Crippen LogP contribution is 2.34. The lowest BCUT2D eigenvalue weighted by Gasteiger charge is -2.26. The fourth-order valence-electron chi connectivity index (χ4n) is 3.53. The van der Waals surface area contributed by atoms with Gasteiger partial charge < -0.3 is 10.1 Å². The van der Waals surface area contributed by atoms with Crippen LogP contribution in [0, 0.1) is 5.82 Å². The summed E-state index contributed by atoms with van der Waals surface area (Å²) in [6.45, 7) is -1.94. The molecule has 0 radical (unpaired) electrons. The summed E-state index contributed by atoms with van der Waals surface area (Å²) in [7, 11) is 1.96. The zero-order valence-electron chi connectivity index (χ0n) is 15.6. The van der Waals surface area contributed by atoms with Crippen LogP contribution >= 0.6 is 0 Å². The molecule has 0 saturated carbocycles. The SMILES string of the molecule is CN1Cc2c(ccc(-c3ccc(OC(F)F)nn3)c2F)NCC1c1ccccc1. The molecule has 1 aliphatic heterocycles. The Labute approximate surface area is 166 Å². The Morgan fingerprint density at radius 1 is 1.07 bits per heavy atom. The zero-order valence-corrected chi connectivity index (χ0v) is 15.6. The predicted molar refractivity (Wildman–Crippen MR) is 103 cm³/mol. The third-order valence-electron chi connectivity index (χ3n) is 4.98. The summed E-state index contributed by atoms with van der Waals surface area (Å²) in [5.41, 5.74) is 2.91. The fourth-order valence-corrected chi connectivity index (χ4v) is 3.53. The Balaban J connectivity index is 1.63. The standard InChI is InChI=1S/C21H19F3N4O/c1-28-12-15-16(25-11-18(28)13-5-3-2-4-6-13)8-7-14(20(15)22)17-9-10-19(27-26-17)29-21(23)24/h2-10,18,21,25H,11-12H2,1H3. The van der Waals surface area contributed by atoms with Crippen molar-refractivity contribution in [3.8, 4) is 17.1 Å². The van der Waals surface area contributed by atoms with Gasteiger partial charge in [0.25, 0.3) is 0 Å².